The standard InChI is InChI=1S/C14H21ClN4O2/c1-10(5-4-8-20)17-13(21)12-11(15)9-16-14(18-12)19-6-2-3-7-19/h9-10,20H,2-8H2,1H3,(H,17,21). The van der Waals surface area contributed by atoms with E-state index in [1.807, 2.05) is 6.92 Å². The minimum Gasteiger partial charge on any atom is -0.396 e. The second-order valence-electron chi connectivity index (χ2n) is 5.30. The lowest BCUT2D eigenvalue weighted by atomic mass is 10.2. The molecule has 116 valence electrons. The second-order valence-corrected chi connectivity index (χ2v) is 5.71. The van der Waals surface area contributed by atoms with E-state index in [0.29, 0.717) is 18.8 Å². The predicted octanol–water partition coefficient (Wildman–Crippen LogP) is 1.62. The van der Waals surface area contributed by atoms with Gasteiger partial charge in [-0.2, -0.15) is 0 Å². The lowest BCUT2D eigenvalue weighted by molar-refractivity contribution is 0.0931. The molecule has 1 fully saturated rings. The number of carbonyl (C=O) groups is 1. The number of hydrogen-bond donors (Lipinski definition) is 2. The Bertz CT molecular complexity index is 492. The van der Waals surface area contributed by atoms with Crippen LogP contribution in [0.1, 0.15) is 43.1 Å². The third-order valence-corrected chi connectivity index (χ3v) is 3.78. The van der Waals surface area contributed by atoms with Gasteiger partial charge in [0.15, 0.2) is 5.69 Å². The van der Waals surface area contributed by atoms with Crippen molar-refractivity contribution in [2.24, 2.45) is 0 Å². The average Bonchev–Trinajstić information content (AvgIpc) is 2.99. The monoisotopic (exact) mass is 312 g/mol. The van der Waals surface area contributed by atoms with E-state index in [2.05, 4.69) is 20.2 Å². The van der Waals surface area contributed by atoms with Gasteiger partial charge in [0.05, 0.1) is 11.2 Å². The molecule has 1 aliphatic rings. The summed E-state index contributed by atoms with van der Waals surface area (Å²) < 4.78 is 0. The summed E-state index contributed by atoms with van der Waals surface area (Å²) in [5.41, 5.74) is 0.212. The summed E-state index contributed by atoms with van der Waals surface area (Å²) in [7, 11) is 0. The van der Waals surface area contributed by atoms with Gasteiger partial charge in [-0.05, 0) is 32.6 Å². The number of amides is 1. The van der Waals surface area contributed by atoms with Crippen LogP contribution in [0.5, 0.6) is 0 Å². The van der Waals surface area contributed by atoms with Crippen molar-refractivity contribution in [1.29, 1.82) is 0 Å². The van der Waals surface area contributed by atoms with E-state index >= 15 is 0 Å². The third kappa shape index (κ3) is 4.28. The third-order valence-electron chi connectivity index (χ3n) is 3.51. The first-order chi connectivity index (χ1) is 10.1. The lowest BCUT2D eigenvalue weighted by Crippen LogP contribution is -2.34. The van der Waals surface area contributed by atoms with Crippen molar-refractivity contribution in [3.63, 3.8) is 0 Å². The Kier molecular flexibility index (Phi) is 5.76. The fourth-order valence-corrected chi connectivity index (χ4v) is 2.53. The molecule has 1 unspecified atom stereocenters. The fourth-order valence-electron chi connectivity index (χ4n) is 2.35. The minimum absolute atomic E-state index is 0.0362. The molecule has 0 aliphatic carbocycles. The van der Waals surface area contributed by atoms with Crippen molar-refractivity contribution < 1.29 is 9.90 Å². The minimum atomic E-state index is -0.298. The van der Waals surface area contributed by atoms with Crippen LogP contribution in [0.25, 0.3) is 0 Å². The molecule has 0 aromatic carbocycles. The maximum Gasteiger partial charge on any atom is 0.271 e. The van der Waals surface area contributed by atoms with Gasteiger partial charge >= 0.3 is 0 Å². The lowest BCUT2D eigenvalue weighted by Gasteiger charge is -2.17. The van der Waals surface area contributed by atoms with Crippen LogP contribution >= 0.6 is 11.6 Å². The zero-order chi connectivity index (χ0) is 15.2. The molecule has 1 aromatic rings. The van der Waals surface area contributed by atoms with Crippen molar-refractivity contribution in [2.45, 2.75) is 38.6 Å². The van der Waals surface area contributed by atoms with Crippen LogP contribution in [0.2, 0.25) is 5.02 Å². The van der Waals surface area contributed by atoms with Crippen molar-refractivity contribution in [1.82, 2.24) is 15.3 Å². The van der Waals surface area contributed by atoms with Crippen LogP contribution < -0.4 is 10.2 Å². The van der Waals surface area contributed by atoms with Crippen molar-refractivity contribution in [3.05, 3.63) is 16.9 Å². The van der Waals surface area contributed by atoms with Gasteiger partial charge in [0.25, 0.3) is 5.91 Å². The molecule has 1 saturated heterocycles. The fraction of sp³-hybridized carbons (Fsp3) is 0.643. The van der Waals surface area contributed by atoms with Crippen LogP contribution in [0.15, 0.2) is 6.20 Å². The van der Waals surface area contributed by atoms with Gasteiger partial charge < -0.3 is 15.3 Å². The SMILES string of the molecule is CC(CCCO)NC(=O)c1nc(N2CCCC2)ncc1Cl. The maximum absolute atomic E-state index is 12.2. The number of anilines is 1. The van der Waals surface area contributed by atoms with E-state index in [4.69, 9.17) is 16.7 Å². The first-order valence-electron chi connectivity index (χ1n) is 7.31. The Morgan fingerprint density at radius 2 is 2.24 bits per heavy atom. The van der Waals surface area contributed by atoms with Gasteiger partial charge in [-0.3, -0.25) is 4.79 Å². The highest BCUT2D eigenvalue weighted by atomic mass is 35.5. The number of aromatic nitrogens is 2. The molecule has 1 atom stereocenters. The topological polar surface area (TPSA) is 78.3 Å². The van der Waals surface area contributed by atoms with Crippen LogP contribution in [0.3, 0.4) is 0 Å². The number of halogens is 1. The molecule has 1 aliphatic heterocycles. The molecule has 6 nitrogen and oxygen atoms in total. The number of carbonyl (C=O) groups excluding carboxylic acids is 1. The molecule has 0 radical (unpaired) electrons. The number of nitrogens with one attached hydrogen (secondary N) is 1. The second kappa shape index (κ2) is 7.56. The van der Waals surface area contributed by atoms with E-state index < -0.39 is 0 Å². The summed E-state index contributed by atoms with van der Waals surface area (Å²) in [5, 5.41) is 11.9. The van der Waals surface area contributed by atoms with Gasteiger partial charge in [0.2, 0.25) is 5.95 Å². The van der Waals surface area contributed by atoms with Crippen molar-refractivity contribution >= 4 is 23.5 Å². The van der Waals surface area contributed by atoms with Crippen LogP contribution in [-0.4, -0.2) is 46.7 Å². The summed E-state index contributed by atoms with van der Waals surface area (Å²) >= 11 is 6.04. The van der Waals surface area contributed by atoms with Gasteiger partial charge in [-0.15, -0.1) is 0 Å². The smallest absolute Gasteiger partial charge is 0.271 e. The summed E-state index contributed by atoms with van der Waals surface area (Å²) in [4.78, 5) is 22.8. The average molecular weight is 313 g/mol. The molecule has 2 heterocycles. The van der Waals surface area contributed by atoms with E-state index in [0.717, 1.165) is 25.9 Å². The molecule has 0 saturated carbocycles. The zero-order valence-electron chi connectivity index (χ0n) is 12.2. The molecule has 21 heavy (non-hydrogen) atoms. The Hall–Kier alpha value is -1.40. The van der Waals surface area contributed by atoms with Gasteiger partial charge in [0, 0.05) is 25.7 Å². The zero-order valence-corrected chi connectivity index (χ0v) is 12.9. The highest BCUT2D eigenvalue weighted by Crippen LogP contribution is 2.20. The summed E-state index contributed by atoms with van der Waals surface area (Å²) in [6, 6.07) is -0.0362. The number of aliphatic hydroxyl groups excluding tert-OH is 1. The largest absolute Gasteiger partial charge is 0.396 e. The Balaban J connectivity index is 2.06. The van der Waals surface area contributed by atoms with Gasteiger partial charge in [0.1, 0.15) is 0 Å². The highest BCUT2D eigenvalue weighted by Gasteiger charge is 2.20. The summed E-state index contributed by atoms with van der Waals surface area (Å²) in [5.74, 6) is 0.262. The number of nitrogens with zero attached hydrogens (tertiary/aromatic N) is 3. The molecule has 0 bridgehead atoms. The number of hydrogen-bond acceptors (Lipinski definition) is 5. The number of aliphatic hydroxyl groups is 1. The van der Waals surface area contributed by atoms with E-state index in [-0.39, 0.29) is 29.3 Å². The molecule has 2 N–H and O–H groups in total. The molecule has 0 spiro atoms. The first kappa shape index (κ1) is 16.0. The van der Waals surface area contributed by atoms with E-state index in [9.17, 15) is 4.79 Å². The molecule has 7 heteroatoms. The van der Waals surface area contributed by atoms with Gasteiger partial charge in [-0.1, -0.05) is 11.6 Å². The molecular weight excluding hydrogens is 292 g/mol. The van der Waals surface area contributed by atoms with Crippen molar-refractivity contribution in [3.8, 4) is 0 Å². The predicted molar refractivity (Wildman–Crippen MR) is 81.7 cm³/mol. The quantitative estimate of drug-likeness (QED) is 0.834. The highest BCUT2D eigenvalue weighted by molar-refractivity contribution is 6.33. The molecule has 1 aromatic heterocycles. The van der Waals surface area contributed by atoms with Crippen LogP contribution in [-0.2, 0) is 0 Å². The molecule has 2 rings (SSSR count). The first-order valence-corrected chi connectivity index (χ1v) is 7.69. The van der Waals surface area contributed by atoms with Crippen molar-refractivity contribution in [2.75, 3.05) is 24.6 Å². The van der Waals surface area contributed by atoms with Gasteiger partial charge in [-0.25, -0.2) is 9.97 Å². The normalized spacial score (nSPS) is 16.0. The Morgan fingerprint density at radius 3 is 2.90 bits per heavy atom. The van der Waals surface area contributed by atoms with Crippen LogP contribution in [0, 0.1) is 0 Å². The Morgan fingerprint density at radius 1 is 1.52 bits per heavy atom. The maximum atomic E-state index is 12.2. The van der Waals surface area contributed by atoms with E-state index in [1.165, 1.54) is 6.20 Å². The van der Waals surface area contributed by atoms with E-state index in [1.54, 1.807) is 0 Å². The number of rotatable bonds is 6. The molecule has 1 amide bonds. The summed E-state index contributed by atoms with van der Waals surface area (Å²) in [6.45, 7) is 3.84. The Labute approximate surface area is 129 Å². The van der Waals surface area contributed by atoms with Crippen LogP contribution in [0.4, 0.5) is 5.95 Å². The summed E-state index contributed by atoms with van der Waals surface area (Å²) in [6.07, 6.45) is 5.08. The molecular formula is C14H21ClN4O2.